The van der Waals surface area contributed by atoms with Gasteiger partial charge in [0.2, 0.25) is 5.91 Å². The van der Waals surface area contributed by atoms with Gasteiger partial charge in [-0.25, -0.2) is 4.99 Å². The number of aliphatic imine (C=N–C) groups is 1. The van der Waals surface area contributed by atoms with Crippen LogP contribution in [-0.4, -0.2) is 28.7 Å². The SMILES string of the molecule is CCOc1ccc(N=C2S[C@@H](C(=O)Nc3ccc(Br)cc3)C(N)=C2C(N)=O)cc1. The highest BCUT2D eigenvalue weighted by Crippen LogP contribution is 2.35. The lowest BCUT2D eigenvalue weighted by Crippen LogP contribution is -2.29. The van der Waals surface area contributed by atoms with Crippen molar-refractivity contribution in [2.45, 2.75) is 12.2 Å². The molecule has 2 aromatic rings. The summed E-state index contributed by atoms with van der Waals surface area (Å²) in [7, 11) is 0. The van der Waals surface area contributed by atoms with Crippen molar-refractivity contribution in [3.8, 4) is 5.75 Å². The maximum atomic E-state index is 12.7. The molecule has 1 heterocycles. The molecule has 0 bridgehead atoms. The fourth-order valence-electron chi connectivity index (χ4n) is 2.66. The first kappa shape index (κ1) is 20.9. The third kappa shape index (κ3) is 4.99. The van der Waals surface area contributed by atoms with E-state index in [1.165, 1.54) is 0 Å². The molecule has 5 N–H and O–H groups in total. The van der Waals surface area contributed by atoms with Crippen LogP contribution in [0.5, 0.6) is 5.75 Å². The Morgan fingerprint density at radius 2 is 1.83 bits per heavy atom. The van der Waals surface area contributed by atoms with E-state index in [0.29, 0.717) is 28.8 Å². The van der Waals surface area contributed by atoms with E-state index in [-0.39, 0.29) is 17.2 Å². The number of primary amides is 1. The van der Waals surface area contributed by atoms with Crippen LogP contribution in [-0.2, 0) is 9.59 Å². The van der Waals surface area contributed by atoms with Crippen LogP contribution in [0, 0.1) is 0 Å². The molecule has 150 valence electrons. The van der Waals surface area contributed by atoms with E-state index < -0.39 is 11.2 Å². The van der Waals surface area contributed by atoms with Gasteiger partial charge >= 0.3 is 0 Å². The number of nitrogens with two attached hydrogens (primary N) is 2. The molecule has 2 amide bonds. The van der Waals surface area contributed by atoms with Gasteiger partial charge in [-0.1, -0.05) is 27.7 Å². The predicted molar refractivity (Wildman–Crippen MR) is 119 cm³/mol. The van der Waals surface area contributed by atoms with Gasteiger partial charge in [0.15, 0.2) is 0 Å². The molecule has 7 nitrogen and oxygen atoms in total. The Balaban J connectivity index is 1.83. The van der Waals surface area contributed by atoms with Crippen LogP contribution < -0.4 is 21.5 Å². The van der Waals surface area contributed by atoms with Crippen LogP contribution in [0.1, 0.15) is 6.92 Å². The minimum Gasteiger partial charge on any atom is -0.494 e. The molecule has 29 heavy (non-hydrogen) atoms. The van der Waals surface area contributed by atoms with Crippen LogP contribution in [0.2, 0.25) is 0 Å². The summed E-state index contributed by atoms with van der Waals surface area (Å²) in [4.78, 5) is 29.1. The Labute approximate surface area is 180 Å². The van der Waals surface area contributed by atoms with E-state index in [4.69, 9.17) is 16.2 Å². The number of ether oxygens (including phenoxy) is 1. The number of rotatable bonds is 6. The first-order chi connectivity index (χ1) is 13.9. The molecule has 0 saturated carbocycles. The van der Waals surface area contributed by atoms with Gasteiger partial charge in [0.05, 0.1) is 17.9 Å². The van der Waals surface area contributed by atoms with E-state index in [1.54, 1.807) is 36.4 Å². The van der Waals surface area contributed by atoms with Gasteiger partial charge in [-0.3, -0.25) is 9.59 Å². The highest BCUT2D eigenvalue weighted by atomic mass is 79.9. The van der Waals surface area contributed by atoms with Crippen molar-refractivity contribution in [3.05, 3.63) is 64.3 Å². The normalized spacial score (nSPS) is 17.4. The summed E-state index contributed by atoms with van der Waals surface area (Å²) in [5, 5.41) is 2.30. The number of hydrogen-bond acceptors (Lipinski definition) is 6. The quantitative estimate of drug-likeness (QED) is 0.592. The van der Waals surface area contributed by atoms with E-state index in [9.17, 15) is 9.59 Å². The Kier molecular flexibility index (Phi) is 6.60. The van der Waals surface area contributed by atoms with Gasteiger partial charge in [0.25, 0.3) is 5.91 Å². The van der Waals surface area contributed by atoms with Gasteiger partial charge < -0.3 is 21.5 Å². The Bertz CT molecular complexity index is 988. The number of hydrogen-bond donors (Lipinski definition) is 3. The number of thioether (sulfide) groups is 1. The Morgan fingerprint density at radius 1 is 1.17 bits per heavy atom. The molecule has 1 aliphatic heterocycles. The van der Waals surface area contributed by atoms with Crippen LogP contribution >= 0.6 is 27.7 Å². The second kappa shape index (κ2) is 9.15. The third-order valence-corrected chi connectivity index (χ3v) is 5.74. The molecule has 1 aliphatic rings. The number of carbonyl (C=O) groups excluding carboxylic acids is 2. The van der Waals surface area contributed by atoms with Crippen molar-refractivity contribution >= 4 is 55.9 Å². The zero-order chi connectivity index (χ0) is 21.0. The van der Waals surface area contributed by atoms with Crippen molar-refractivity contribution in [2.24, 2.45) is 16.5 Å². The molecule has 3 rings (SSSR count). The van der Waals surface area contributed by atoms with Crippen LogP contribution in [0.4, 0.5) is 11.4 Å². The smallest absolute Gasteiger partial charge is 0.253 e. The standard InChI is InChI=1S/C20H19BrN4O3S/c1-2-28-14-9-7-13(8-10-14)25-20-15(18(23)26)16(22)17(29-20)19(27)24-12-5-3-11(21)4-6-12/h3-10,17H,2,22H2,1H3,(H2,23,26)(H,24,27)/t17-/m1/s1. The first-order valence-corrected chi connectivity index (χ1v) is 10.4. The number of anilines is 1. The zero-order valence-corrected chi connectivity index (χ0v) is 17.9. The minimum absolute atomic E-state index is 0.0693. The monoisotopic (exact) mass is 474 g/mol. The third-order valence-electron chi connectivity index (χ3n) is 3.99. The molecule has 0 aliphatic carbocycles. The summed E-state index contributed by atoms with van der Waals surface area (Å²) in [5.74, 6) is -0.364. The van der Waals surface area contributed by atoms with Crippen LogP contribution in [0.25, 0.3) is 0 Å². The van der Waals surface area contributed by atoms with Crippen LogP contribution in [0.15, 0.2) is 69.3 Å². The lowest BCUT2D eigenvalue weighted by Gasteiger charge is -2.11. The van der Waals surface area contributed by atoms with Crippen molar-refractivity contribution in [1.29, 1.82) is 0 Å². The summed E-state index contributed by atoms with van der Waals surface area (Å²) in [6.45, 7) is 2.46. The summed E-state index contributed by atoms with van der Waals surface area (Å²) >= 11 is 4.44. The summed E-state index contributed by atoms with van der Waals surface area (Å²) < 4.78 is 6.30. The van der Waals surface area contributed by atoms with E-state index in [0.717, 1.165) is 16.2 Å². The van der Waals surface area contributed by atoms with E-state index >= 15 is 0 Å². The highest BCUT2D eigenvalue weighted by Gasteiger charge is 2.37. The lowest BCUT2D eigenvalue weighted by molar-refractivity contribution is -0.115. The molecule has 0 saturated heterocycles. The van der Waals surface area contributed by atoms with Crippen molar-refractivity contribution in [2.75, 3.05) is 11.9 Å². The summed E-state index contributed by atoms with van der Waals surface area (Å²) in [6.07, 6.45) is 0. The molecule has 0 fully saturated rings. The first-order valence-electron chi connectivity index (χ1n) is 8.73. The van der Waals surface area contributed by atoms with Crippen molar-refractivity contribution < 1.29 is 14.3 Å². The second-order valence-electron chi connectivity index (χ2n) is 6.03. The maximum Gasteiger partial charge on any atom is 0.253 e. The summed E-state index contributed by atoms with van der Waals surface area (Å²) in [5.41, 5.74) is 13.0. The number of halogens is 1. The average Bonchev–Trinajstić information content (AvgIpc) is 3.01. The number of nitrogens with one attached hydrogen (secondary N) is 1. The molecule has 0 unspecified atom stereocenters. The lowest BCUT2D eigenvalue weighted by atomic mass is 10.1. The topological polar surface area (TPSA) is 120 Å². The predicted octanol–water partition coefficient (Wildman–Crippen LogP) is 3.33. The number of benzene rings is 2. The molecule has 0 spiro atoms. The highest BCUT2D eigenvalue weighted by molar-refractivity contribution is 9.10. The molecular weight excluding hydrogens is 456 g/mol. The zero-order valence-electron chi connectivity index (χ0n) is 15.5. The molecule has 2 aromatic carbocycles. The molecule has 0 aromatic heterocycles. The second-order valence-corrected chi connectivity index (χ2v) is 8.04. The molecule has 9 heteroatoms. The van der Waals surface area contributed by atoms with Crippen molar-refractivity contribution in [3.63, 3.8) is 0 Å². The van der Waals surface area contributed by atoms with E-state index in [2.05, 4.69) is 26.2 Å². The Morgan fingerprint density at radius 3 is 2.41 bits per heavy atom. The molecule has 1 atom stereocenters. The fourth-order valence-corrected chi connectivity index (χ4v) is 4.05. The van der Waals surface area contributed by atoms with Gasteiger partial charge in [0, 0.05) is 15.9 Å². The van der Waals surface area contributed by atoms with E-state index in [1.807, 2.05) is 19.1 Å². The van der Waals surface area contributed by atoms with Crippen LogP contribution in [0.3, 0.4) is 0 Å². The minimum atomic E-state index is -0.803. The van der Waals surface area contributed by atoms with Gasteiger partial charge in [-0.15, -0.1) is 0 Å². The number of amides is 2. The van der Waals surface area contributed by atoms with Gasteiger partial charge in [-0.2, -0.15) is 0 Å². The van der Waals surface area contributed by atoms with Gasteiger partial charge in [-0.05, 0) is 55.5 Å². The number of nitrogens with zero attached hydrogens (tertiary/aromatic N) is 1. The van der Waals surface area contributed by atoms with Crippen molar-refractivity contribution in [1.82, 2.24) is 0 Å². The summed E-state index contributed by atoms with van der Waals surface area (Å²) in [6, 6.07) is 14.2. The Hall–Kier alpha value is -2.78. The number of carbonyl (C=O) groups is 2. The molecule has 0 radical (unpaired) electrons. The fraction of sp³-hybridized carbons (Fsp3) is 0.150. The van der Waals surface area contributed by atoms with Gasteiger partial charge in [0.1, 0.15) is 16.0 Å². The maximum absolute atomic E-state index is 12.7. The largest absolute Gasteiger partial charge is 0.494 e. The average molecular weight is 475 g/mol. The molecular formula is C20H19BrN4O3S.